The van der Waals surface area contributed by atoms with Crippen LogP contribution in [-0.4, -0.2) is 71.2 Å². The van der Waals surface area contributed by atoms with E-state index < -0.39 is 50.1 Å². The van der Waals surface area contributed by atoms with Crippen molar-refractivity contribution in [2.45, 2.75) is 17.4 Å². The topological polar surface area (TPSA) is 183 Å². The number of hydrogen-bond acceptors (Lipinski definition) is 13. The number of methoxy groups -OCH3 is 3. The highest BCUT2D eigenvalue weighted by Gasteiger charge is 2.37. The number of esters is 1. The number of benzene rings is 2. The predicted octanol–water partition coefficient (Wildman–Crippen LogP) is 3.97. The van der Waals surface area contributed by atoms with Crippen molar-refractivity contribution in [3.8, 4) is 11.5 Å². The quantitative estimate of drug-likeness (QED) is 0.0726. The number of rotatable bonds is 16. The Kier molecular flexibility index (Phi) is 11.8. The summed E-state index contributed by atoms with van der Waals surface area (Å²) in [6.45, 7) is 2.14. The number of hydrogen-bond donors (Lipinski definition) is 0. The highest BCUT2D eigenvalue weighted by atomic mass is 32.2. The second kappa shape index (κ2) is 15.5. The summed E-state index contributed by atoms with van der Waals surface area (Å²) in [5, 5.41) is 11.6. The SMILES string of the molecule is C=CCOC(=O)N(Cc1ccc(C(C(=O)OC)c2cc(OCOC)cc(OCOC)c2)o1)S(=O)(=O)c1ccccc1[N+](=O)[O-]. The summed E-state index contributed by atoms with van der Waals surface area (Å²) in [6.07, 6.45) is -0.122. The number of amides is 1. The molecule has 1 atom stereocenters. The second-order valence-corrected chi connectivity index (χ2v) is 10.5. The number of ether oxygens (including phenoxy) is 6. The first-order chi connectivity index (χ1) is 21.1. The Bertz CT molecular complexity index is 1560. The van der Waals surface area contributed by atoms with Crippen molar-refractivity contribution in [1.82, 2.24) is 4.31 Å². The fraction of sp³-hybridized carbons (Fsp3) is 0.286. The molecule has 0 spiro atoms. The molecule has 0 saturated carbocycles. The van der Waals surface area contributed by atoms with E-state index in [4.69, 9.17) is 32.8 Å². The van der Waals surface area contributed by atoms with E-state index >= 15 is 0 Å². The third-order valence-electron chi connectivity index (χ3n) is 5.78. The number of carbonyl (C=O) groups is 2. The zero-order chi connectivity index (χ0) is 32.3. The molecule has 236 valence electrons. The van der Waals surface area contributed by atoms with Gasteiger partial charge in [-0.2, -0.15) is 4.31 Å². The Morgan fingerprint density at radius 2 is 1.66 bits per heavy atom. The zero-order valence-electron chi connectivity index (χ0n) is 24.0. The lowest BCUT2D eigenvalue weighted by molar-refractivity contribution is -0.387. The molecule has 1 aromatic heterocycles. The van der Waals surface area contributed by atoms with Crippen molar-refractivity contribution < 1.29 is 55.8 Å². The van der Waals surface area contributed by atoms with Crippen molar-refractivity contribution >= 4 is 27.8 Å². The molecule has 0 N–H and O–H groups in total. The lowest BCUT2D eigenvalue weighted by Crippen LogP contribution is -2.37. The van der Waals surface area contributed by atoms with Gasteiger partial charge in [-0.25, -0.2) is 13.2 Å². The number of furan rings is 1. The van der Waals surface area contributed by atoms with Crippen LogP contribution in [0.25, 0.3) is 0 Å². The van der Waals surface area contributed by atoms with Gasteiger partial charge in [-0.15, -0.1) is 0 Å². The highest BCUT2D eigenvalue weighted by Crippen LogP contribution is 2.35. The maximum Gasteiger partial charge on any atom is 0.424 e. The number of nitrogens with zero attached hydrogens (tertiary/aromatic N) is 2. The van der Waals surface area contributed by atoms with Crippen LogP contribution in [0.1, 0.15) is 23.0 Å². The summed E-state index contributed by atoms with van der Waals surface area (Å²) >= 11 is 0. The maximum absolute atomic E-state index is 13.6. The molecule has 3 aromatic rings. The monoisotopic (exact) mass is 634 g/mol. The molecule has 0 fully saturated rings. The van der Waals surface area contributed by atoms with Gasteiger partial charge in [-0.05, 0) is 35.9 Å². The van der Waals surface area contributed by atoms with Gasteiger partial charge in [0, 0.05) is 26.4 Å². The van der Waals surface area contributed by atoms with Crippen LogP contribution in [-0.2, 0) is 40.3 Å². The lowest BCUT2D eigenvalue weighted by atomic mass is 9.96. The van der Waals surface area contributed by atoms with Crippen molar-refractivity contribution in [2.24, 2.45) is 0 Å². The molecule has 0 aliphatic carbocycles. The molecule has 0 bridgehead atoms. The largest absolute Gasteiger partial charge is 0.468 e. The van der Waals surface area contributed by atoms with Crippen molar-refractivity contribution in [3.63, 3.8) is 0 Å². The molecule has 2 aromatic carbocycles. The minimum atomic E-state index is -4.84. The van der Waals surface area contributed by atoms with Gasteiger partial charge in [0.25, 0.3) is 15.7 Å². The first-order valence-corrected chi connectivity index (χ1v) is 14.1. The van der Waals surface area contributed by atoms with Gasteiger partial charge in [-0.3, -0.25) is 14.9 Å². The minimum Gasteiger partial charge on any atom is -0.468 e. The maximum atomic E-state index is 13.6. The third-order valence-corrected chi connectivity index (χ3v) is 7.54. The average Bonchev–Trinajstić information content (AvgIpc) is 3.48. The number of nitro benzene ring substituents is 1. The lowest BCUT2D eigenvalue weighted by Gasteiger charge is -2.21. The van der Waals surface area contributed by atoms with Crippen molar-refractivity contribution in [3.05, 3.63) is 94.5 Å². The number of nitro groups is 1. The van der Waals surface area contributed by atoms with Crippen molar-refractivity contribution in [2.75, 3.05) is 41.5 Å². The Balaban J connectivity index is 2.06. The number of carbonyl (C=O) groups excluding carboxylic acids is 2. The van der Waals surface area contributed by atoms with Crippen LogP contribution in [0.15, 0.2) is 76.6 Å². The number of para-hydroxylation sites is 1. The molecule has 3 rings (SSSR count). The van der Waals surface area contributed by atoms with E-state index in [0.717, 1.165) is 12.1 Å². The number of sulfonamides is 1. The molecule has 44 heavy (non-hydrogen) atoms. The molecule has 0 aliphatic heterocycles. The molecule has 0 saturated heterocycles. The second-order valence-electron chi connectivity index (χ2n) is 8.70. The van der Waals surface area contributed by atoms with E-state index in [-0.39, 0.29) is 47.5 Å². The van der Waals surface area contributed by atoms with Gasteiger partial charge in [0.1, 0.15) is 35.5 Å². The molecule has 1 unspecified atom stereocenters. The third kappa shape index (κ3) is 8.12. The molecule has 1 heterocycles. The summed E-state index contributed by atoms with van der Waals surface area (Å²) in [5.74, 6) is -1.48. The van der Waals surface area contributed by atoms with Gasteiger partial charge < -0.3 is 32.8 Å². The van der Waals surface area contributed by atoms with Crippen LogP contribution in [0.2, 0.25) is 0 Å². The van der Waals surface area contributed by atoms with Crippen LogP contribution in [0.3, 0.4) is 0 Å². The van der Waals surface area contributed by atoms with Crippen LogP contribution in [0, 0.1) is 10.1 Å². The van der Waals surface area contributed by atoms with Crippen LogP contribution in [0.4, 0.5) is 10.5 Å². The fourth-order valence-corrected chi connectivity index (χ4v) is 5.33. The van der Waals surface area contributed by atoms with E-state index in [1.165, 1.54) is 63.8 Å². The standard InChI is InChI=1S/C28H30N2O13S/c1-5-12-40-28(32)29(44(35,36)25-9-7-6-8-23(25)30(33)34)16-20-10-11-24(43-20)26(27(31)39-4)19-13-21(41-17-37-2)15-22(14-19)42-18-38-3/h5-11,13-15,26H,1,12,16-18H2,2-4H3. The summed E-state index contributed by atoms with van der Waals surface area (Å²) < 4.78 is 64.2. The van der Waals surface area contributed by atoms with Crippen LogP contribution < -0.4 is 9.47 Å². The highest BCUT2D eigenvalue weighted by molar-refractivity contribution is 7.89. The van der Waals surface area contributed by atoms with Gasteiger partial charge in [0.2, 0.25) is 0 Å². The fourth-order valence-electron chi connectivity index (χ4n) is 3.89. The summed E-state index contributed by atoms with van der Waals surface area (Å²) in [7, 11) is -0.811. The minimum absolute atomic E-state index is 0.0101. The molecular weight excluding hydrogens is 604 g/mol. The smallest absolute Gasteiger partial charge is 0.424 e. The van der Waals surface area contributed by atoms with Crippen molar-refractivity contribution in [1.29, 1.82) is 0 Å². The van der Waals surface area contributed by atoms with Crippen LogP contribution >= 0.6 is 0 Å². The van der Waals surface area contributed by atoms with E-state index in [1.54, 1.807) is 6.07 Å². The Morgan fingerprint density at radius 3 is 2.23 bits per heavy atom. The Hall–Kier alpha value is -4.93. The van der Waals surface area contributed by atoms with Gasteiger partial charge in [-0.1, -0.05) is 24.8 Å². The molecular formula is C28H30N2O13S. The molecule has 0 radical (unpaired) electrons. The van der Waals surface area contributed by atoms with E-state index in [1.807, 2.05) is 0 Å². The van der Waals surface area contributed by atoms with Gasteiger partial charge >= 0.3 is 12.1 Å². The Morgan fingerprint density at radius 1 is 1.02 bits per heavy atom. The first kappa shape index (κ1) is 33.6. The predicted molar refractivity (Wildman–Crippen MR) is 151 cm³/mol. The molecule has 15 nitrogen and oxygen atoms in total. The summed E-state index contributed by atoms with van der Waals surface area (Å²) in [5.41, 5.74) is -0.436. The normalized spacial score (nSPS) is 11.7. The van der Waals surface area contributed by atoms with Crippen LogP contribution in [0.5, 0.6) is 11.5 Å². The van der Waals surface area contributed by atoms with Gasteiger partial charge in [0.05, 0.1) is 18.6 Å². The molecule has 1 amide bonds. The van der Waals surface area contributed by atoms with E-state index in [0.29, 0.717) is 5.56 Å². The van der Waals surface area contributed by atoms with E-state index in [2.05, 4.69) is 6.58 Å². The first-order valence-electron chi connectivity index (χ1n) is 12.7. The molecule has 16 heteroatoms. The van der Waals surface area contributed by atoms with Gasteiger partial charge in [0.15, 0.2) is 18.5 Å². The summed E-state index contributed by atoms with van der Waals surface area (Å²) in [4.78, 5) is 35.8. The average molecular weight is 635 g/mol. The Labute approximate surface area is 252 Å². The summed E-state index contributed by atoms with van der Waals surface area (Å²) in [6, 6.07) is 11.9. The zero-order valence-corrected chi connectivity index (χ0v) is 24.8. The molecule has 0 aliphatic rings. The van der Waals surface area contributed by atoms with E-state index in [9.17, 15) is 28.1 Å².